The van der Waals surface area contributed by atoms with Crippen LogP contribution in [-0.4, -0.2) is 112 Å². The Morgan fingerprint density at radius 1 is 0.726 bits per heavy atom. The number of rotatable bonds is 10. The van der Waals surface area contributed by atoms with Crippen molar-refractivity contribution in [1.82, 2.24) is 49.9 Å². The molecule has 8 atom stereocenters. The Labute approximate surface area is 357 Å². The number of H-pyrrole nitrogens is 2. The predicted octanol–water partition coefficient (Wildman–Crippen LogP) is 7.06. The van der Waals surface area contributed by atoms with Gasteiger partial charge in [-0.1, -0.05) is 45.9 Å². The second kappa shape index (κ2) is 14.8. The summed E-state index contributed by atoms with van der Waals surface area (Å²) < 4.78 is 4.81. The van der Waals surface area contributed by atoms with Crippen molar-refractivity contribution in [2.45, 2.75) is 89.6 Å². The van der Waals surface area contributed by atoms with Gasteiger partial charge in [0.15, 0.2) is 0 Å². The fourth-order valence-electron chi connectivity index (χ4n) is 10.1. The van der Waals surface area contributed by atoms with Crippen molar-refractivity contribution in [3.63, 3.8) is 0 Å². The van der Waals surface area contributed by atoms with E-state index in [-0.39, 0.29) is 47.8 Å². The lowest BCUT2D eigenvalue weighted by Gasteiger charge is -2.35. The molecule has 4 N–H and O–H groups in total. The van der Waals surface area contributed by atoms with Gasteiger partial charge in [-0.2, -0.15) is 0 Å². The van der Waals surface area contributed by atoms with Gasteiger partial charge in [-0.3, -0.25) is 19.5 Å². The third kappa shape index (κ3) is 6.75. The van der Waals surface area contributed by atoms with Gasteiger partial charge in [-0.25, -0.2) is 24.5 Å². The maximum absolute atomic E-state index is 14.0. The number of alkyl carbamates (subject to hydrolysis) is 1. The first-order valence-electron chi connectivity index (χ1n) is 21.5. The van der Waals surface area contributed by atoms with E-state index in [2.05, 4.69) is 15.3 Å². The molecule has 4 aliphatic rings. The molecule has 2 saturated heterocycles. The number of nitrogens with zero attached hydrogens (tertiary/aromatic N) is 7. The topological polar surface area (TPSA) is 203 Å². The number of carbonyl (C=O) groups excluding carboxylic acids is 3. The number of hydrogen-bond acceptors (Lipinski definition) is 9. The van der Waals surface area contributed by atoms with Crippen LogP contribution in [0.1, 0.15) is 77.1 Å². The van der Waals surface area contributed by atoms with Gasteiger partial charge in [0.05, 0.1) is 64.2 Å². The monoisotopic (exact) mass is 838 g/mol. The molecular weight excluding hydrogens is 789 g/mol. The fourth-order valence-corrected chi connectivity index (χ4v) is 10.1. The molecule has 2 aliphatic heterocycles. The number of ether oxygens (including phenoxy) is 1. The molecule has 4 fully saturated rings. The molecule has 0 spiro atoms. The van der Waals surface area contributed by atoms with Crippen molar-refractivity contribution in [3.05, 3.63) is 72.4 Å². The highest BCUT2D eigenvalue weighted by atomic mass is 16.5. The highest BCUT2D eigenvalue weighted by Gasteiger charge is 2.57. The number of amides is 4. The molecule has 4 amide bonds. The minimum absolute atomic E-state index is 0.106. The first kappa shape index (κ1) is 39.5. The van der Waals surface area contributed by atoms with Crippen molar-refractivity contribution in [3.8, 4) is 22.4 Å². The second-order valence-corrected chi connectivity index (χ2v) is 18.2. The summed E-state index contributed by atoms with van der Waals surface area (Å²) >= 11 is 0. The largest absolute Gasteiger partial charge is 0.465 e. The van der Waals surface area contributed by atoms with E-state index >= 15 is 0 Å². The van der Waals surface area contributed by atoms with E-state index in [1.165, 1.54) is 14.2 Å². The molecule has 3 aromatic heterocycles. The number of likely N-dealkylation sites (tertiary alicyclic amines) is 2. The van der Waals surface area contributed by atoms with E-state index < -0.39 is 24.3 Å². The molecule has 16 nitrogen and oxygen atoms in total. The minimum atomic E-state index is -1.12. The molecule has 16 heteroatoms. The molecule has 0 radical (unpaired) electrons. The SMILES string of the molecule is COC(=O)N[C@H](C(=O)N1[C@@H]2C[C@H]2C[C@H]1c1nc2cc(-c3ccc4nc(-c5ccc6[nH]c([C@@H]7C[C@H]8C[C@H]8N7C(=O)[C@H](C(C)C)N(C)C(=O)O)nc6c5)cnc4c3)ccc2[nH]1)C(C)C. The summed E-state index contributed by atoms with van der Waals surface area (Å²) in [6.07, 6.45) is 3.53. The smallest absolute Gasteiger partial charge is 0.407 e. The Bertz CT molecular complexity index is 2800. The van der Waals surface area contributed by atoms with Crippen LogP contribution in [0.5, 0.6) is 0 Å². The predicted molar refractivity (Wildman–Crippen MR) is 230 cm³/mol. The van der Waals surface area contributed by atoms with Gasteiger partial charge < -0.3 is 34.9 Å². The van der Waals surface area contributed by atoms with Crippen LogP contribution in [0.25, 0.3) is 55.5 Å². The summed E-state index contributed by atoms with van der Waals surface area (Å²) in [5.41, 5.74) is 8.27. The van der Waals surface area contributed by atoms with E-state index in [1.54, 1.807) is 6.20 Å². The van der Waals surface area contributed by atoms with Crippen molar-refractivity contribution < 1.29 is 29.0 Å². The van der Waals surface area contributed by atoms with E-state index in [0.717, 1.165) is 86.2 Å². The summed E-state index contributed by atoms with van der Waals surface area (Å²) in [6, 6.07) is 16.4. The summed E-state index contributed by atoms with van der Waals surface area (Å²) in [5, 5.41) is 12.5. The molecule has 320 valence electrons. The highest BCUT2D eigenvalue weighted by Crippen LogP contribution is 2.55. The van der Waals surface area contributed by atoms with Crippen LogP contribution in [-0.2, 0) is 14.3 Å². The van der Waals surface area contributed by atoms with Crippen LogP contribution in [0.4, 0.5) is 9.59 Å². The van der Waals surface area contributed by atoms with Gasteiger partial charge in [0.2, 0.25) is 11.8 Å². The number of aromatic amines is 2. The number of carboxylic acid groups (broad SMARTS) is 1. The fraction of sp³-hybridized carbons (Fsp3) is 0.435. The van der Waals surface area contributed by atoms with E-state index in [1.807, 2.05) is 92.1 Å². The van der Waals surface area contributed by atoms with Crippen LogP contribution in [0, 0.1) is 23.7 Å². The van der Waals surface area contributed by atoms with Crippen LogP contribution in [0.3, 0.4) is 0 Å². The van der Waals surface area contributed by atoms with E-state index in [4.69, 9.17) is 24.7 Å². The number of nitrogens with one attached hydrogen (secondary N) is 3. The second-order valence-electron chi connectivity index (χ2n) is 18.2. The lowest BCUT2D eigenvalue weighted by atomic mass is 10.0. The van der Waals surface area contributed by atoms with Crippen LogP contribution in [0.15, 0.2) is 60.8 Å². The average molecular weight is 839 g/mol. The zero-order valence-electron chi connectivity index (χ0n) is 35.5. The zero-order chi connectivity index (χ0) is 43.3. The summed E-state index contributed by atoms with van der Waals surface area (Å²) in [7, 11) is 2.76. The number of methoxy groups -OCH3 is 1. The Balaban J connectivity index is 0.873. The van der Waals surface area contributed by atoms with Gasteiger partial charge in [0, 0.05) is 24.7 Å². The number of aromatic nitrogens is 6. The van der Waals surface area contributed by atoms with Crippen molar-refractivity contribution in [1.29, 1.82) is 0 Å². The minimum Gasteiger partial charge on any atom is -0.465 e. The molecular formula is C46H50N10O6. The van der Waals surface area contributed by atoms with Crippen LogP contribution in [0.2, 0.25) is 0 Å². The zero-order valence-corrected chi connectivity index (χ0v) is 35.5. The molecule has 6 aromatic rings. The quantitative estimate of drug-likeness (QED) is 0.111. The average Bonchev–Trinajstić information content (AvgIpc) is 3.91. The number of carbonyl (C=O) groups is 4. The standard InChI is InChI=1S/C46H50N10O6/c1-21(2)39(53-45(59)62-6)43(57)55-35-16-26(35)18-37(55)41-49-29-11-8-24(14-32(29)51-41)23-7-10-28-31(13-23)47-20-34(48-28)25-9-12-30-33(15-25)52-42(50-30)38-19-27-17-36(27)56(38)44(58)40(22(3)4)54(5)46(60)61/h7-15,20-22,26-27,35-40H,16-19H2,1-6H3,(H,49,51)(H,50,52)(H,53,59)(H,60,61)/t26-,27+,35+,36+,37-,38-,39-,40-/m0/s1. The first-order valence-corrected chi connectivity index (χ1v) is 21.5. The number of fused-ring (bicyclic) bond motifs is 5. The van der Waals surface area contributed by atoms with Crippen LogP contribution >= 0.6 is 0 Å². The molecule has 10 rings (SSSR count). The normalized spacial score (nSPS) is 23.5. The third-order valence-electron chi connectivity index (χ3n) is 13.5. The number of benzene rings is 3. The number of likely N-dealkylation sites (N-methyl/N-ethyl adjacent to an activating group) is 1. The van der Waals surface area contributed by atoms with Gasteiger partial charge in [-0.05, 0) is 96.9 Å². The first-order chi connectivity index (χ1) is 29.8. The molecule has 3 aromatic carbocycles. The third-order valence-corrected chi connectivity index (χ3v) is 13.5. The van der Waals surface area contributed by atoms with Crippen molar-refractivity contribution in [2.75, 3.05) is 14.2 Å². The highest BCUT2D eigenvalue weighted by molar-refractivity contribution is 5.90. The summed E-state index contributed by atoms with van der Waals surface area (Å²) in [5.74, 6) is 1.69. The van der Waals surface area contributed by atoms with Gasteiger partial charge >= 0.3 is 12.2 Å². The lowest BCUT2D eigenvalue weighted by molar-refractivity contribution is -0.140. The summed E-state index contributed by atoms with van der Waals surface area (Å²) in [4.78, 5) is 83.5. The van der Waals surface area contributed by atoms with Gasteiger partial charge in [0.1, 0.15) is 23.7 Å². The maximum atomic E-state index is 14.0. The Hall–Kier alpha value is -6.58. The van der Waals surface area contributed by atoms with Gasteiger partial charge in [-0.15, -0.1) is 0 Å². The van der Waals surface area contributed by atoms with Crippen LogP contribution < -0.4 is 5.32 Å². The Kier molecular flexibility index (Phi) is 9.44. The maximum Gasteiger partial charge on any atom is 0.407 e. The molecule has 5 heterocycles. The Morgan fingerprint density at radius 3 is 1.84 bits per heavy atom. The van der Waals surface area contributed by atoms with Crippen molar-refractivity contribution in [2.24, 2.45) is 23.7 Å². The molecule has 62 heavy (non-hydrogen) atoms. The number of piperidine rings is 2. The van der Waals surface area contributed by atoms with Crippen molar-refractivity contribution >= 4 is 57.1 Å². The number of hydrogen-bond donors (Lipinski definition) is 4. The molecule has 2 aliphatic carbocycles. The molecule has 2 saturated carbocycles. The molecule has 0 bridgehead atoms. The van der Waals surface area contributed by atoms with Gasteiger partial charge in [0.25, 0.3) is 0 Å². The van der Waals surface area contributed by atoms with E-state index in [0.29, 0.717) is 23.4 Å². The Morgan fingerprint density at radius 2 is 1.27 bits per heavy atom. The molecule has 0 unspecified atom stereocenters. The van der Waals surface area contributed by atoms with E-state index in [9.17, 15) is 24.3 Å². The summed E-state index contributed by atoms with van der Waals surface area (Å²) in [6.45, 7) is 7.59. The lowest BCUT2D eigenvalue weighted by Crippen LogP contribution is -2.52. The number of imidazole rings is 2.